The zero-order valence-electron chi connectivity index (χ0n) is 11.9. The van der Waals surface area contributed by atoms with E-state index in [1.165, 1.54) is 13.2 Å². The Hall–Kier alpha value is -2.40. The summed E-state index contributed by atoms with van der Waals surface area (Å²) in [7, 11) is 1.31. The van der Waals surface area contributed by atoms with Crippen molar-refractivity contribution >= 4 is 39.6 Å². The van der Waals surface area contributed by atoms with Gasteiger partial charge in [0.2, 0.25) is 0 Å². The van der Waals surface area contributed by atoms with E-state index in [9.17, 15) is 9.59 Å². The maximum atomic E-state index is 12.3. The first kappa shape index (κ1) is 16.0. The summed E-state index contributed by atoms with van der Waals surface area (Å²) in [4.78, 5) is 23.5. The minimum Gasteiger partial charge on any atom is -0.466 e. The largest absolute Gasteiger partial charge is 0.466 e. The smallest absolute Gasteiger partial charge is 0.330 e. The number of hydrogen-bond donors (Lipinski definition) is 1. The van der Waals surface area contributed by atoms with Crippen molar-refractivity contribution in [2.75, 3.05) is 12.4 Å². The van der Waals surface area contributed by atoms with Crippen LogP contribution in [0.1, 0.15) is 15.9 Å². The molecule has 0 bridgehead atoms. The quantitative estimate of drug-likeness (QED) is 0.665. The molecular weight excluding hydrogens is 346 g/mol. The molecule has 0 aliphatic rings. The molecular formula is C17H14BrNO3. The Bertz CT molecular complexity index is 725. The number of para-hydroxylation sites is 1. The van der Waals surface area contributed by atoms with Crippen molar-refractivity contribution in [3.63, 3.8) is 0 Å². The first-order valence-corrected chi connectivity index (χ1v) is 7.32. The highest BCUT2D eigenvalue weighted by atomic mass is 79.9. The Kier molecular flexibility index (Phi) is 5.49. The van der Waals surface area contributed by atoms with Gasteiger partial charge in [0.1, 0.15) is 0 Å². The Morgan fingerprint density at radius 1 is 1.09 bits per heavy atom. The highest BCUT2D eigenvalue weighted by molar-refractivity contribution is 9.10. The highest BCUT2D eigenvalue weighted by Crippen LogP contribution is 2.21. The molecule has 4 nitrogen and oxygen atoms in total. The van der Waals surface area contributed by atoms with Crippen molar-refractivity contribution in [3.05, 3.63) is 70.2 Å². The maximum Gasteiger partial charge on any atom is 0.330 e. The van der Waals surface area contributed by atoms with Gasteiger partial charge in [-0.05, 0) is 45.8 Å². The Balaban J connectivity index is 2.23. The monoisotopic (exact) mass is 359 g/mol. The van der Waals surface area contributed by atoms with E-state index < -0.39 is 5.97 Å². The van der Waals surface area contributed by atoms with Crippen LogP contribution < -0.4 is 5.32 Å². The second kappa shape index (κ2) is 7.56. The molecule has 0 atom stereocenters. The molecule has 1 amide bonds. The summed E-state index contributed by atoms with van der Waals surface area (Å²) in [6, 6.07) is 14.4. The normalized spacial score (nSPS) is 10.5. The molecule has 1 N–H and O–H groups in total. The van der Waals surface area contributed by atoms with Gasteiger partial charge < -0.3 is 10.1 Å². The van der Waals surface area contributed by atoms with Crippen LogP contribution in [-0.2, 0) is 9.53 Å². The van der Waals surface area contributed by atoms with Crippen LogP contribution >= 0.6 is 15.9 Å². The van der Waals surface area contributed by atoms with Crippen molar-refractivity contribution in [1.29, 1.82) is 0 Å². The number of methoxy groups -OCH3 is 1. The molecule has 0 spiro atoms. The fourth-order valence-electron chi connectivity index (χ4n) is 1.82. The lowest BCUT2D eigenvalue weighted by atomic mass is 10.1. The molecule has 0 radical (unpaired) electrons. The molecule has 0 fully saturated rings. The summed E-state index contributed by atoms with van der Waals surface area (Å²) in [5.74, 6) is -0.682. The van der Waals surface area contributed by atoms with Crippen molar-refractivity contribution in [2.24, 2.45) is 0 Å². The summed E-state index contributed by atoms with van der Waals surface area (Å²) >= 11 is 3.35. The number of carbonyl (C=O) groups excluding carboxylic acids is 2. The highest BCUT2D eigenvalue weighted by Gasteiger charge is 2.10. The number of benzene rings is 2. The second-order valence-corrected chi connectivity index (χ2v) is 5.23. The number of nitrogens with one attached hydrogen (secondary N) is 1. The molecule has 0 aromatic heterocycles. The first-order valence-electron chi connectivity index (χ1n) is 6.52. The molecule has 2 rings (SSSR count). The summed E-state index contributed by atoms with van der Waals surface area (Å²) in [5.41, 5.74) is 1.87. The summed E-state index contributed by atoms with van der Waals surface area (Å²) in [6.45, 7) is 0. The lowest BCUT2D eigenvalue weighted by Gasteiger charge is -2.09. The fourth-order valence-corrected chi connectivity index (χ4v) is 2.28. The van der Waals surface area contributed by atoms with Gasteiger partial charge in [-0.1, -0.05) is 30.3 Å². The number of hydrogen-bond acceptors (Lipinski definition) is 3. The van der Waals surface area contributed by atoms with Gasteiger partial charge in [0, 0.05) is 16.2 Å². The molecule has 0 saturated carbocycles. The summed E-state index contributed by atoms with van der Waals surface area (Å²) < 4.78 is 5.28. The van der Waals surface area contributed by atoms with E-state index >= 15 is 0 Å². The van der Waals surface area contributed by atoms with Crippen molar-refractivity contribution in [3.8, 4) is 0 Å². The van der Waals surface area contributed by atoms with E-state index in [1.54, 1.807) is 36.4 Å². The summed E-state index contributed by atoms with van der Waals surface area (Å²) in [5, 5.41) is 2.84. The zero-order valence-corrected chi connectivity index (χ0v) is 13.5. The predicted octanol–water partition coefficient (Wildman–Crippen LogP) is 3.89. The topological polar surface area (TPSA) is 55.4 Å². The molecule has 2 aromatic rings. The van der Waals surface area contributed by atoms with E-state index in [0.29, 0.717) is 16.8 Å². The molecule has 2 aromatic carbocycles. The van der Waals surface area contributed by atoms with Crippen LogP contribution in [0, 0.1) is 0 Å². The van der Waals surface area contributed by atoms with Crippen LogP contribution in [0.15, 0.2) is 59.1 Å². The average molecular weight is 360 g/mol. The fraction of sp³-hybridized carbons (Fsp3) is 0.0588. The molecule has 0 aliphatic heterocycles. The van der Waals surface area contributed by atoms with Gasteiger partial charge in [-0.3, -0.25) is 4.79 Å². The van der Waals surface area contributed by atoms with Crippen molar-refractivity contribution in [2.45, 2.75) is 0 Å². The SMILES string of the molecule is COC(=O)/C=C/c1ccccc1NC(=O)c1ccccc1Br. The van der Waals surface area contributed by atoms with Gasteiger partial charge in [0.05, 0.1) is 12.7 Å². The van der Waals surface area contributed by atoms with Gasteiger partial charge in [-0.15, -0.1) is 0 Å². The van der Waals surface area contributed by atoms with E-state index in [-0.39, 0.29) is 5.91 Å². The maximum absolute atomic E-state index is 12.3. The van der Waals surface area contributed by atoms with Crippen molar-refractivity contribution < 1.29 is 14.3 Å². The minimum absolute atomic E-state index is 0.230. The lowest BCUT2D eigenvalue weighted by Crippen LogP contribution is -2.13. The number of amides is 1. The van der Waals surface area contributed by atoms with Crippen LogP contribution in [0.2, 0.25) is 0 Å². The molecule has 0 heterocycles. The second-order valence-electron chi connectivity index (χ2n) is 4.38. The molecule has 5 heteroatoms. The third kappa shape index (κ3) is 4.05. The molecule has 0 unspecified atom stereocenters. The van der Waals surface area contributed by atoms with Crippen LogP contribution in [0.5, 0.6) is 0 Å². The van der Waals surface area contributed by atoms with E-state index in [2.05, 4.69) is 26.0 Å². The lowest BCUT2D eigenvalue weighted by molar-refractivity contribution is -0.134. The number of ether oxygens (including phenoxy) is 1. The average Bonchev–Trinajstić information content (AvgIpc) is 2.54. The van der Waals surface area contributed by atoms with Gasteiger partial charge in [-0.25, -0.2) is 4.79 Å². The van der Waals surface area contributed by atoms with Crippen LogP contribution in [0.3, 0.4) is 0 Å². The number of rotatable bonds is 4. The van der Waals surface area contributed by atoms with E-state index in [1.807, 2.05) is 18.2 Å². The summed E-state index contributed by atoms with van der Waals surface area (Å²) in [6.07, 6.45) is 2.91. The van der Waals surface area contributed by atoms with Crippen LogP contribution in [0.4, 0.5) is 5.69 Å². The van der Waals surface area contributed by atoms with Gasteiger partial charge >= 0.3 is 5.97 Å². The molecule has 0 saturated heterocycles. The van der Waals surface area contributed by atoms with E-state index in [0.717, 1.165) is 4.47 Å². The van der Waals surface area contributed by atoms with Crippen molar-refractivity contribution in [1.82, 2.24) is 0 Å². The first-order chi connectivity index (χ1) is 10.6. The Labute approximate surface area is 136 Å². The number of esters is 1. The predicted molar refractivity (Wildman–Crippen MR) is 89.6 cm³/mol. The van der Waals surface area contributed by atoms with Crippen LogP contribution in [0.25, 0.3) is 6.08 Å². The number of halogens is 1. The molecule has 22 heavy (non-hydrogen) atoms. The minimum atomic E-state index is -0.452. The standard InChI is InChI=1S/C17H14BrNO3/c1-22-16(20)11-10-12-6-2-5-9-15(12)19-17(21)13-7-3-4-8-14(13)18/h2-11H,1H3,(H,19,21)/b11-10+. The Morgan fingerprint density at radius 2 is 1.77 bits per heavy atom. The zero-order chi connectivity index (χ0) is 15.9. The Morgan fingerprint density at radius 3 is 2.50 bits per heavy atom. The number of anilines is 1. The third-order valence-corrected chi connectivity index (χ3v) is 3.62. The van der Waals surface area contributed by atoms with Gasteiger partial charge in [-0.2, -0.15) is 0 Å². The van der Waals surface area contributed by atoms with E-state index in [4.69, 9.17) is 0 Å². The third-order valence-electron chi connectivity index (χ3n) is 2.93. The number of carbonyl (C=O) groups is 2. The molecule has 112 valence electrons. The van der Waals surface area contributed by atoms with Gasteiger partial charge in [0.25, 0.3) is 5.91 Å². The molecule has 0 aliphatic carbocycles. The van der Waals surface area contributed by atoms with Gasteiger partial charge in [0.15, 0.2) is 0 Å². The van der Waals surface area contributed by atoms with Crippen LogP contribution in [-0.4, -0.2) is 19.0 Å².